The first-order chi connectivity index (χ1) is 22.4. The van der Waals surface area contributed by atoms with Crippen molar-refractivity contribution >= 4 is 27.5 Å². The minimum absolute atomic E-state index is 0.0359. The Hall–Kier alpha value is -2.99. The summed E-state index contributed by atoms with van der Waals surface area (Å²) < 4.78 is 40.9. The largest absolute Gasteiger partial charge is 0.490 e. The molecule has 260 valence electrons. The van der Waals surface area contributed by atoms with E-state index in [1.54, 1.807) is 61.3 Å². The number of nitrogens with zero attached hydrogens (tertiary/aromatic N) is 2. The minimum Gasteiger partial charge on any atom is -0.490 e. The third kappa shape index (κ3) is 9.78. The molecule has 2 N–H and O–H groups in total. The normalized spacial score (nSPS) is 23.0. The monoisotopic (exact) mass is 671 g/mol. The van der Waals surface area contributed by atoms with Gasteiger partial charge in [0, 0.05) is 44.3 Å². The average Bonchev–Trinajstić information content (AvgIpc) is 3.06. The van der Waals surface area contributed by atoms with E-state index in [2.05, 4.69) is 5.32 Å². The van der Waals surface area contributed by atoms with Crippen LogP contribution < -0.4 is 10.1 Å². The molecule has 11 heteroatoms. The topological polar surface area (TPSA) is 125 Å². The Morgan fingerprint density at radius 2 is 1.72 bits per heavy atom. The number of hydrogen-bond acceptors (Lipinski definition) is 7. The summed E-state index contributed by atoms with van der Waals surface area (Å²) in [6.07, 6.45) is 6.57. The van der Waals surface area contributed by atoms with Gasteiger partial charge in [0.05, 0.1) is 35.3 Å². The van der Waals surface area contributed by atoms with Crippen molar-refractivity contribution < 1.29 is 32.6 Å². The Morgan fingerprint density at radius 3 is 2.40 bits per heavy atom. The highest BCUT2D eigenvalue weighted by molar-refractivity contribution is 7.89. The van der Waals surface area contributed by atoms with Gasteiger partial charge in [-0.1, -0.05) is 43.9 Å². The van der Waals surface area contributed by atoms with E-state index >= 15 is 0 Å². The van der Waals surface area contributed by atoms with Gasteiger partial charge in [0.2, 0.25) is 15.9 Å². The molecule has 47 heavy (non-hydrogen) atoms. The molecule has 0 aromatic heterocycles. The molecular formula is C36H53N3O7S. The van der Waals surface area contributed by atoms with Gasteiger partial charge in [0.1, 0.15) is 5.75 Å². The summed E-state index contributed by atoms with van der Waals surface area (Å²) in [5.74, 6) is -0.281. The summed E-state index contributed by atoms with van der Waals surface area (Å²) in [4.78, 5) is 29.3. The Labute approximate surface area is 280 Å². The number of amides is 2. The van der Waals surface area contributed by atoms with Crippen molar-refractivity contribution in [2.45, 2.75) is 102 Å². The molecule has 1 saturated carbocycles. The lowest BCUT2D eigenvalue weighted by atomic mass is 9.88. The van der Waals surface area contributed by atoms with Crippen LogP contribution in [0.15, 0.2) is 47.4 Å². The van der Waals surface area contributed by atoms with Crippen LogP contribution in [0.2, 0.25) is 0 Å². The van der Waals surface area contributed by atoms with Crippen molar-refractivity contribution in [2.24, 2.45) is 11.8 Å². The first kappa shape index (κ1) is 36.8. The predicted molar refractivity (Wildman–Crippen MR) is 183 cm³/mol. The lowest BCUT2D eigenvalue weighted by molar-refractivity contribution is -0.120. The molecule has 2 aliphatic rings. The summed E-state index contributed by atoms with van der Waals surface area (Å²) in [6, 6.07) is 11.4. The number of aryl methyl sites for hydroxylation is 1. The van der Waals surface area contributed by atoms with Crippen LogP contribution in [0.5, 0.6) is 5.75 Å². The molecular weight excluding hydrogens is 618 g/mol. The zero-order valence-corrected chi connectivity index (χ0v) is 29.4. The zero-order valence-electron chi connectivity index (χ0n) is 28.6. The SMILES string of the molecule is Cc1ccc(S(=O)(=O)N(C)C[C@@H]2OCCCC[C@@H](C)Oc3ccc(NC(=O)C4CCCCC4)cc3C(=O)N([C@H](C)CO)C[C@@H]2C)cc1. The van der Waals surface area contributed by atoms with Gasteiger partial charge in [-0.05, 0) is 83.2 Å². The van der Waals surface area contributed by atoms with Crippen molar-refractivity contribution in [3.63, 3.8) is 0 Å². The van der Waals surface area contributed by atoms with E-state index in [0.717, 1.165) is 56.9 Å². The summed E-state index contributed by atoms with van der Waals surface area (Å²) in [6.45, 7) is 8.05. The molecule has 2 aromatic rings. The second-order valence-corrected chi connectivity index (χ2v) is 15.5. The summed E-state index contributed by atoms with van der Waals surface area (Å²) >= 11 is 0. The third-order valence-electron chi connectivity index (χ3n) is 9.46. The maximum Gasteiger partial charge on any atom is 0.258 e. The van der Waals surface area contributed by atoms with E-state index in [0.29, 0.717) is 23.6 Å². The van der Waals surface area contributed by atoms with Crippen molar-refractivity contribution in [1.29, 1.82) is 0 Å². The van der Waals surface area contributed by atoms with Gasteiger partial charge in [-0.2, -0.15) is 4.31 Å². The Morgan fingerprint density at radius 1 is 1.04 bits per heavy atom. The molecule has 10 nitrogen and oxygen atoms in total. The highest BCUT2D eigenvalue weighted by Crippen LogP contribution is 2.30. The summed E-state index contributed by atoms with van der Waals surface area (Å²) in [5, 5.41) is 13.3. The molecule has 1 fully saturated rings. The van der Waals surface area contributed by atoms with Gasteiger partial charge in [0.25, 0.3) is 5.91 Å². The van der Waals surface area contributed by atoms with Gasteiger partial charge in [-0.3, -0.25) is 9.59 Å². The second-order valence-electron chi connectivity index (χ2n) is 13.4. The first-order valence-electron chi connectivity index (χ1n) is 17.1. The van der Waals surface area contributed by atoms with Crippen molar-refractivity contribution in [3.8, 4) is 5.75 Å². The van der Waals surface area contributed by atoms with Crippen LogP contribution in [-0.2, 0) is 19.6 Å². The standard InChI is InChI=1S/C36H53N3O7S/c1-25-14-17-31(18-15-25)47(43,44)38(5)23-34-26(2)22-39(27(3)24-40)36(42)32-21-30(37-35(41)29-12-7-6-8-13-29)16-19-33(32)46-28(4)11-9-10-20-45-34/h14-19,21,26-29,34,40H,6-13,20,22-24H2,1-5H3,(H,37,41)/t26-,27+,28+,34-/m0/s1. The lowest BCUT2D eigenvalue weighted by Gasteiger charge is -2.35. The number of fused-ring (bicyclic) bond motifs is 1. The number of benzene rings is 2. The molecule has 0 saturated heterocycles. The number of likely N-dealkylation sites (N-methyl/N-ethyl adjacent to an activating group) is 1. The smallest absolute Gasteiger partial charge is 0.258 e. The quantitative estimate of drug-likeness (QED) is 0.373. The molecule has 0 unspecified atom stereocenters. The van der Waals surface area contributed by atoms with Crippen LogP contribution in [0, 0.1) is 18.8 Å². The van der Waals surface area contributed by atoms with Gasteiger partial charge in [-0.25, -0.2) is 8.42 Å². The number of rotatable bonds is 8. The number of anilines is 1. The Bertz CT molecular complexity index is 1440. The van der Waals surface area contributed by atoms with Crippen LogP contribution in [0.25, 0.3) is 0 Å². The fourth-order valence-electron chi connectivity index (χ4n) is 6.31. The van der Waals surface area contributed by atoms with Crippen LogP contribution in [0.3, 0.4) is 0 Å². The molecule has 2 amide bonds. The van der Waals surface area contributed by atoms with Gasteiger partial charge in [-0.15, -0.1) is 0 Å². The van der Waals surface area contributed by atoms with Gasteiger partial charge < -0.3 is 24.8 Å². The van der Waals surface area contributed by atoms with Crippen LogP contribution in [0.1, 0.15) is 88.1 Å². The van der Waals surface area contributed by atoms with E-state index in [9.17, 15) is 23.1 Å². The zero-order chi connectivity index (χ0) is 34.1. The first-order valence-corrected chi connectivity index (χ1v) is 18.5. The number of aliphatic hydroxyl groups is 1. The number of aliphatic hydroxyl groups excluding tert-OH is 1. The number of nitrogens with one attached hydrogen (secondary N) is 1. The van der Waals surface area contributed by atoms with Crippen molar-refractivity contribution in [1.82, 2.24) is 9.21 Å². The summed E-state index contributed by atoms with van der Waals surface area (Å²) in [5.41, 5.74) is 1.80. The molecule has 0 radical (unpaired) electrons. The highest BCUT2D eigenvalue weighted by Gasteiger charge is 2.32. The molecule has 1 aliphatic carbocycles. The predicted octanol–water partition coefficient (Wildman–Crippen LogP) is 5.63. The second kappa shape index (κ2) is 16.9. The fourth-order valence-corrected chi connectivity index (χ4v) is 7.50. The van der Waals surface area contributed by atoms with Crippen LogP contribution in [0.4, 0.5) is 5.69 Å². The molecule has 0 bridgehead atoms. The third-order valence-corrected chi connectivity index (χ3v) is 11.3. The number of hydrogen-bond donors (Lipinski definition) is 2. The highest BCUT2D eigenvalue weighted by atomic mass is 32.2. The van der Waals surface area contributed by atoms with Crippen molar-refractivity contribution in [3.05, 3.63) is 53.6 Å². The lowest BCUT2D eigenvalue weighted by Crippen LogP contribution is -2.48. The maximum atomic E-state index is 14.4. The molecule has 4 rings (SSSR count). The summed E-state index contributed by atoms with van der Waals surface area (Å²) in [7, 11) is -2.22. The molecule has 0 spiro atoms. The van der Waals surface area contributed by atoms with E-state index < -0.39 is 22.2 Å². The number of carbonyl (C=O) groups excluding carboxylic acids is 2. The molecule has 1 aliphatic heterocycles. The molecule has 1 heterocycles. The minimum atomic E-state index is -3.77. The average molecular weight is 672 g/mol. The molecule has 2 aromatic carbocycles. The van der Waals surface area contributed by atoms with Crippen LogP contribution in [-0.4, -0.2) is 86.1 Å². The molecule has 4 atom stereocenters. The van der Waals surface area contributed by atoms with Crippen LogP contribution >= 0.6 is 0 Å². The number of carbonyl (C=O) groups is 2. The van der Waals surface area contributed by atoms with E-state index in [1.165, 1.54) is 4.31 Å². The van der Waals surface area contributed by atoms with E-state index in [4.69, 9.17) is 9.47 Å². The Balaban J connectivity index is 1.62. The van der Waals surface area contributed by atoms with E-state index in [-0.39, 0.29) is 54.3 Å². The number of sulfonamides is 1. The van der Waals surface area contributed by atoms with Gasteiger partial charge in [0.15, 0.2) is 0 Å². The van der Waals surface area contributed by atoms with Crippen molar-refractivity contribution in [2.75, 3.05) is 38.7 Å². The van der Waals surface area contributed by atoms with E-state index in [1.807, 2.05) is 20.8 Å². The Kier molecular flexibility index (Phi) is 13.2. The number of ether oxygens (including phenoxy) is 2. The van der Waals surface area contributed by atoms with Gasteiger partial charge >= 0.3 is 0 Å². The fraction of sp³-hybridized carbons (Fsp3) is 0.611. The maximum absolute atomic E-state index is 14.4.